The van der Waals surface area contributed by atoms with Crippen molar-refractivity contribution in [3.8, 4) is 11.5 Å². The molecule has 28 heavy (non-hydrogen) atoms. The molecule has 2 aliphatic heterocycles. The molecule has 4 heterocycles. The Labute approximate surface area is 156 Å². The van der Waals surface area contributed by atoms with Gasteiger partial charge in [0, 0.05) is 17.0 Å². The van der Waals surface area contributed by atoms with Gasteiger partial charge in [0.15, 0.2) is 11.5 Å². The standard InChI is InChI=1S/C19H13N5O4/c25-18-16-14(8-1-4-12-13(5-8)28-7-27-12)15-9-6-20-24-10(9)2-3-11(15)21-17(16)22-19(26)23-18/h1-6,14H,7H2,(H,20,24)(H3,21,22,23,25,26). The van der Waals surface area contributed by atoms with Gasteiger partial charge in [-0.25, -0.2) is 4.79 Å². The Hall–Kier alpha value is -4.01. The van der Waals surface area contributed by atoms with Crippen molar-refractivity contribution in [3.05, 3.63) is 74.1 Å². The van der Waals surface area contributed by atoms with Crippen LogP contribution in [0.15, 0.2) is 46.1 Å². The fourth-order valence-corrected chi connectivity index (χ4v) is 4.03. The molecule has 138 valence electrons. The van der Waals surface area contributed by atoms with E-state index < -0.39 is 17.2 Å². The lowest BCUT2D eigenvalue weighted by Gasteiger charge is -2.29. The minimum atomic E-state index is -0.562. The summed E-state index contributed by atoms with van der Waals surface area (Å²) < 4.78 is 10.9. The first kappa shape index (κ1) is 15.1. The second-order valence-electron chi connectivity index (χ2n) is 6.73. The number of rotatable bonds is 1. The van der Waals surface area contributed by atoms with Crippen LogP contribution in [0.2, 0.25) is 0 Å². The molecule has 2 aromatic heterocycles. The SMILES string of the molecule is O=c1[nH]c2c(c(=O)[nH]1)C(c1ccc3c(c1)OCO3)c1c(ccc3[nH]ncc13)N2. The van der Waals surface area contributed by atoms with Crippen molar-refractivity contribution in [1.29, 1.82) is 0 Å². The second kappa shape index (κ2) is 5.26. The fourth-order valence-electron chi connectivity index (χ4n) is 4.03. The predicted molar refractivity (Wildman–Crippen MR) is 101 cm³/mol. The maximum absolute atomic E-state index is 12.8. The molecule has 4 N–H and O–H groups in total. The molecule has 9 nitrogen and oxygen atoms in total. The minimum Gasteiger partial charge on any atom is -0.454 e. The Morgan fingerprint density at radius 1 is 1.00 bits per heavy atom. The van der Waals surface area contributed by atoms with Crippen LogP contribution in [0.4, 0.5) is 11.5 Å². The van der Waals surface area contributed by atoms with Crippen LogP contribution in [0.3, 0.4) is 0 Å². The third-order valence-electron chi connectivity index (χ3n) is 5.21. The zero-order valence-corrected chi connectivity index (χ0v) is 14.3. The molecule has 0 fully saturated rings. The first-order valence-corrected chi connectivity index (χ1v) is 8.68. The fraction of sp³-hybridized carbons (Fsp3) is 0.105. The summed E-state index contributed by atoms with van der Waals surface area (Å²) in [7, 11) is 0. The van der Waals surface area contributed by atoms with E-state index in [1.54, 1.807) is 6.20 Å². The molecule has 1 unspecified atom stereocenters. The predicted octanol–water partition coefficient (Wildman–Crippen LogP) is 1.91. The van der Waals surface area contributed by atoms with E-state index in [4.69, 9.17) is 9.47 Å². The molecule has 0 amide bonds. The van der Waals surface area contributed by atoms with E-state index >= 15 is 0 Å². The van der Waals surface area contributed by atoms with Crippen molar-refractivity contribution in [1.82, 2.24) is 20.2 Å². The molecule has 0 saturated carbocycles. The minimum absolute atomic E-state index is 0.165. The lowest BCUT2D eigenvalue weighted by molar-refractivity contribution is 0.174. The highest BCUT2D eigenvalue weighted by Crippen LogP contribution is 2.47. The van der Waals surface area contributed by atoms with E-state index in [1.807, 2.05) is 30.3 Å². The smallest absolute Gasteiger partial charge is 0.327 e. The number of benzene rings is 2. The van der Waals surface area contributed by atoms with E-state index in [0.29, 0.717) is 22.9 Å². The highest BCUT2D eigenvalue weighted by molar-refractivity contribution is 5.92. The van der Waals surface area contributed by atoms with E-state index in [1.165, 1.54) is 0 Å². The summed E-state index contributed by atoms with van der Waals surface area (Å²) in [5.41, 5.74) is 2.82. The lowest BCUT2D eigenvalue weighted by atomic mass is 9.81. The number of ether oxygens (including phenoxy) is 2. The van der Waals surface area contributed by atoms with E-state index in [2.05, 4.69) is 25.5 Å². The van der Waals surface area contributed by atoms with Gasteiger partial charge >= 0.3 is 5.69 Å². The first-order valence-electron chi connectivity index (χ1n) is 8.68. The number of nitrogens with one attached hydrogen (secondary N) is 4. The summed E-state index contributed by atoms with van der Waals surface area (Å²) in [6.07, 6.45) is 1.74. The molecular formula is C19H13N5O4. The highest BCUT2D eigenvalue weighted by atomic mass is 16.7. The summed E-state index contributed by atoms with van der Waals surface area (Å²) in [4.78, 5) is 29.7. The molecule has 2 aromatic carbocycles. The van der Waals surface area contributed by atoms with Gasteiger partial charge < -0.3 is 14.8 Å². The monoisotopic (exact) mass is 375 g/mol. The molecule has 0 radical (unpaired) electrons. The molecule has 6 rings (SSSR count). The van der Waals surface area contributed by atoms with Crippen LogP contribution in [0.25, 0.3) is 10.9 Å². The van der Waals surface area contributed by atoms with Crippen molar-refractivity contribution in [2.75, 3.05) is 12.1 Å². The summed E-state index contributed by atoms with van der Waals surface area (Å²) >= 11 is 0. The third kappa shape index (κ3) is 1.98. The Balaban J connectivity index is 1.70. The summed E-state index contributed by atoms with van der Waals surface area (Å²) in [6, 6.07) is 9.41. The average molecular weight is 375 g/mol. The van der Waals surface area contributed by atoms with Gasteiger partial charge in [-0.3, -0.25) is 19.9 Å². The van der Waals surface area contributed by atoms with Crippen LogP contribution >= 0.6 is 0 Å². The number of nitrogens with zero attached hydrogens (tertiary/aromatic N) is 1. The number of anilines is 2. The Morgan fingerprint density at radius 2 is 1.89 bits per heavy atom. The van der Waals surface area contributed by atoms with Gasteiger partial charge in [0.2, 0.25) is 6.79 Å². The van der Waals surface area contributed by atoms with Gasteiger partial charge in [0.25, 0.3) is 5.56 Å². The zero-order valence-electron chi connectivity index (χ0n) is 14.3. The molecule has 2 aliphatic rings. The molecule has 0 aliphatic carbocycles. The molecule has 0 spiro atoms. The van der Waals surface area contributed by atoms with Crippen molar-refractivity contribution in [3.63, 3.8) is 0 Å². The largest absolute Gasteiger partial charge is 0.454 e. The summed E-state index contributed by atoms with van der Waals surface area (Å²) in [5.74, 6) is 1.24. The van der Waals surface area contributed by atoms with Gasteiger partial charge in [-0.2, -0.15) is 5.10 Å². The van der Waals surface area contributed by atoms with E-state index in [0.717, 1.165) is 27.7 Å². The van der Waals surface area contributed by atoms with Crippen LogP contribution in [0, 0.1) is 0 Å². The number of aromatic amines is 3. The van der Waals surface area contributed by atoms with Crippen LogP contribution < -0.4 is 26.0 Å². The number of hydrogen-bond acceptors (Lipinski definition) is 6. The number of fused-ring (bicyclic) bond motifs is 5. The van der Waals surface area contributed by atoms with E-state index in [-0.39, 0.29) is 6.79 Å². The van der Waals surface area contributed by atoms with Crippen LogP contribution in [-0.4, -0.2) is 27.0 Å². The summed E-state index contributed by atoms with van der Waals surface area (Å²) in [5, 5.41) is 11.2. The lowest BCUT2D eigenvalue weighted by Crippen LogP contribution is -2.31. The molecule has 9 heteroatoms. The van der Waals surface area contributed by atoms with Gasteiger partial charge in [0.05, 0.1) is 17.3 Å². The molecule has 0 saturated heterocycles. The van der Waals surface area contributed by atoms with Gasteiger partial charge in [-0.05, 0) is 35.4 Å². The Morgan fingerprint density at radius 3 is 2.82 bits per heavy atom. The third-order valence-corrected chi connectivity index (χ3v) is 5.21. The molecule has 0 bridgehead atoms. The van der Waals surface area contributed by atoms with Crippen molar-refractivity contribution in [2.45, 2.75) is 5.92 Å². The second-order valence-corrected chi connectivity index (χ2v) is 6.73. The summed E-state index contributed by atoms with van der Waals surface area (Å²) in [6.45, 7) is 0.165. The van der Waals surface area contributed by atoms with Gasteiger partial charge in [-0.15, -0.1) is 0 Å². The van der Waals surface area contributed by atoms with Crippen LogP contribution in [0.1, 0.15) is 22.6 Å². The molecular weight excluding hydrogens is 362 g/mol. The first-order chi connectivity index (χ1) is 13.7. The normalized spacial score (nSPS) is 16.5. The van der Waals surface area contributed by atoms with Crippen LogP contribution in [0.5, 0.6) is 11.5 Å². The highest BCUT2D eigenvalue weighted by Gasteiger charge is 2.33. The van der Waals surface area contributed by atoms with Gasteiger partial charge in [-0.1, -0.05) is 6.07 Å². The number of hydrogen-bond donors (Lipinski definition) is 4. The number of aromatic nitrogens is 4. The molecule has 4 aromatic rings. The Bertz CT molecular complexity index is 1380. The quantitative estimate of drug-likeness (QED) is 0.355. The van der Waals surface area contributed by atoms with Gasteiger partial charge in [0.1, 0.15) is 5.82 Å². The van der Waals surface area contributed by atoms with Crippen molar-refractivity contribution < 1.29 is 9.47 Å². The maximum atomic E-state index is 12.8. The topological polar surface area (TPSA) is 125 Å². The van der Waals surface area contributed by atoms with E-state index in [9.17, 15) is 9.59 Å². The van der Waals surface area contributed by atoms with Crippen molar-refractivity contribution in [2.24, 2.45) is 0 Å². The molecule has 1 atom stereocenters. The number of H-pyrrole nitrogens is 3. The van der Waals surface area contributed by atoms with Crippen LogP contribution in [-0.2, 0) is 0 Å². The Kier molecular flexibility index (Phi) is 2.83. The zero-order chi connectivity index (χ0) is 18.8. The maximum Gasteiger partial charge on any atom is 0.327 e. The van der Waals surface area contributed by atoms with Crippen molar-refractivity contribution >= 4 is 22.4 Å². The average Bonchev–Trinajstić information content (AvgIpc) is 3.34.